The lowest BCUT2D eigenvalue weighted by molar-refractivity contribution is 0.00578. The standard InChI is InChI=1S/C13H20BNO2.C8H11N/c1-9-6-7-10(15)8-11(9)14-16-12(2,3)13(4,5)17-14;1-6-3-4-8(9)5-7(6)2/h6-8H,15H2,1-5H3;3-5H,9H2,1-2H3. The summed E-state index contributed by atoms with van der Waals surface area (Å²) in [7, 11) is -0.330. The maximum atomic E-state index is 6.01. The van der Waals surface area contributed by atoms with Crippen molar-refractivity contribution >= 4 is 24.0 Å². The van der Waals surface area contributed by atoms with E-state index in [0.717, 1.165) is 22.4 Å². The second-order valence-corrected chi connectivity index (χ2v) is 8.05. The van der Waals surface area contributed by atoms with Gasteiger partial charge in [-0.05, 0) is 89.3 Å². The molecule has 0 aliphatic carbocycles. The van der Waals surface area contributed by atoms with Gasteiger partial charge in [-0.2, -0.15) is 0 Å². The average Bonchev–Trinajstić information content (AvgIpc) is 2.74. The summed E-state index contributed by atoms with van der Waals surface area (Å²) < 4.78 is 12.0. The molecule has 0 amide bonds. The van der Waals surface area contributed by atoms with E-state index in [9.17, 15) is 0 Å². The van der Waals surface area contributed by atoms with Gasteiger partial charge < -0.3 is 20.8 Å². The smallest absolute Gasteiger partial charge is 0.399 e. The summed E-state index contributed by atoms with van der Waals surface area (Å²) in [6.07, 6.45) is 0. The topological polar surface area (TPSA) is 70.5 Å². The molecule has 0 unspecified atom stereocenters. The molecule has 4 N–H and O–H groups in total. The fourth-order valence-electron chi connectivity index (χ4n) is 2.65. The number of hydrogen-bond donors (Lipinski definition) is 2. The minimum Gasteiger partial charge on any atom is -0.399 e. The highest BCUT2D eigenvalue weighted by atomic mass is 16.7. The van der Waals surface area contributed by atoms with Gasteiger partial charge in [-0.15, -0.1) is 0 Å². The molecule has 1 heterocycles. The first kappa shape index (κ1) is 20.3. The van der Waals surface area contributed by atoms with Crippen molar-refractivity contribution in [2.24, 2.45) is 0 Å². The number of rotatable bonds is 1. The van der Waals surface area contributed by atoms with E-state index in [1.807, 2.05) is 43.3 Å². The molecule has 1 saturated heterocycles. The number of aryl methyl sites for hydroxylation is 3. The molecule has 0 bridgehead atoms. The molecular formula is C21H31BN2O2. The summed E-state index contributed by atoms with van der Waals surface area (Å²) in [6, 6.07) is 11.7. The molecule has 5 heteroatoms. The zero-order valence-electron chi connectivity index (χ0n) is 17.0. The van der Waals surface area contributed by atoms with Crippen LogP contribution < -0.4 is 16.9 Å². The second kappa shape index (κ2) is 7.33. The summed E-state index contributed by atoms with van der Waals surface area (Å²) in [5.41, 5.74) is 17.0. The van der Waals surface area contributed by atoms with Gasteiger partial charge in [-0.1, -0.05) is 17.7 Å². The molecule has 4 nitrogen and oxygen atoms in total. The van der Waals surface area contributed by atoms with Crippen molar-refractivity contribution in [3.8, 4) is 0 Å². The summed E-state index contributed by atoms with van der Waals surface area (Å²) >= 11 is 0. The molecule has 140 valence electrons. The Morgan fingerprint density at radius 2 is 1.15 bits per heavy atom. The van der Waals surface area contributed by atoms with E-state index in [1.54, 1.807) is 0 Å². The van der Waals surface area contributed by atoms with Crippen LogP contribution in [0.2, 0.25) is 0 Å². The van der Waals surface area contributed by atoms with Gasteiger partial charge in [0.2, 0.25) is 0 Å². The molecule has 1 fully saturated rings. The third kappa shape index (κ3) is 4.40. The van der Waals surface area contributed by atoms with Crippen LogP contribution in [-0.4, -0.2) is 18.3 Å². The van der Waals surface area contributed by atoms with Gasteiger partial charge in [0.1, 0.15) is 0 Å². The van der Waals surface area contributed by atoms with Gasteiger partial charge in [0.15, 0.2) is 0 Å². The average molecular weight is 354 g/mol. The first-order valence-electron chi connectivity index (χ1n) is 8.97. The fraction of sp³-hybridized carbons (Fsp3) is 0.429. The van der Waals surface area contributed by atoms with Crippen molar-refractivity contribution in [3.63, 3.8) is 0 Å². The van der Waals surface area contributed by atoms with Crippen molar-refractivity contribution in [2.75, 3.05) is 11.5 Å². The maximum absolute atomic E-state index is 6.01. The van der Waals surface area contributed by atoms with Crippen molar-refractivity contribution in [1.29, 1.82) is 0 Å². The fourth-order valence-corrected chi connectivity index (χ4v) is 2.65. The van der Waals surface area contributed by atoms with E-state index in [-0.39, 0.29) is 18.3 Å². The predicted octanol–water partition coefficient (Wildman–Crippen LogP) is 3.76. The molecule has 26 heavy (non-hydrogen) atoms. The Kier molecular flexibility index (Phi) is 5.74. The summed E-state index contributed by atoms with van der Waals surface area (Å²) in [6.45, 7) is 14.4. The molecule has 0 radical (unpaired) electrons. The molecule has 0 atom stereocenters. The van der Waals surface area contributed by atoms with E-state index < -0.39 is 0 Å². The Morgan fingerprint density at radius 1 is 0.692 bits per heavy atom. The van der Waals surface area contributed by atoms with E-state index in [4.69, 9.17) is 20.8 Å². The van der Waals surface area contributed by atoms with Crippen LogP contribution in [0.15, 0.2) is 36.4 Å². The van der Waals surface area contributed by atoms with Crippen molar-refractivity contribution in [3.05, 3.63) is 53.1 Å². The van der Waals surface area contributed by atoms with Gasteiger partial charge in [-0.25, -0.2) is 0 Å². The number of nitrogens with two attached hydrogens (primary N) is 2. The van der Waals surface area contributed by atoms with Crippen molar-refractivity contribution in [1.82, 2.24) is 0 Å². The summed E-state index contributed by atoms with van der Waals surface area (Å²) in [4.78, 5) is 0. The normalized spacial score (nSPS) is 17.6. The minimum atomic E-state index is -0.330. The van der Waals surface area contributed by atoms with Crippen LogP contribution in [0.25, 0.3) is 0 Å². The lowest BCUT2D eigenvalue weighted by atomic mass is 9.76. The maximum Gasteiger partial charge on any atom is 0.495 e. The molecule has 3 rings (SSSR count). The van der Waals surface area contributed by atoms with E-state index in [0.29, 0.717) is 0 Å². The summed E-state index contributed by atoms with van der Waals surface area (Å²) in [5, 5.41) is 0. The highest BCUT2D eigenvalue weighted by Gasteiger charge is 2.52. The van der Waals surface area contributed by atoms with E-state index >= 15 is 0 Å². The Bertz CT molecular complexity index is 772. The molecule has 1 aliphatic rings. The second-order valence-electron chi connectivity index (χ2n) is 8.05. The Hall–Kier alpha value is -1.98. The molecule has 2 aromatic rings. The van der Waals surface area contributed by atoms with E-state index in [2.05, 4.69) is 41.5 Å². The van der Waals surface area contributed by atoms with Gasteiger partial charge in [0.05, 0.1) is 11.2 Å². The Labute approximate surface area is 158 Å². The molecule has 0 saturated carbocycles. The van der Waals surface area contributed by atoms with Crippen molar-refractivity contribution < 1.29 is 9.31 Å². The van der Waals surface area contributed by atoms with Gasteiger partial charge in [-0.3, -0.25) is 0 Å². The Morgan fingerprint density at radius 3 is 1.62 bits per heavy atom. The van der Waals surface area contributed by atoms with Crippen LogP contribution in [0, 0.1) is 20.8 Å². The van der Waals surface area contributed by atoms with E-state index in [1.165, 1.54) is 11.1 Å². The van der Waals surface area contributed by atoms with Gasteiger partial charge in [0, 0.05) is 11.4 Å². The monoisotopic (exact) mass is 354 g/mol. The zero-order valence-corrected chi connectivity index (χ0v) is 17.0. The predicted molar refractivity (Wildman–Crippen MR) is 112 cm³/mol. The lowest BCUT2D eigenvalue weighted by Gasteiger charge is -2.32. The minimum absolute atomic E-state index is 0.311. The lowest BCUT2D eigenvalue weighted by Crippen LogP contribution is -2.41. The SMILES string of the molecule is Cc1ccc(N)cc1B1OC(C)(C)C(C)(C)O1.Cc1ccc(N)cc1C. The van der Waals surface area contributed by atoms with Crippen LogP contribution >= 0.6 is 0 Å². The first-order valence-corrected chi connectivity index (χ1v) is 8.97. The number of benzene rings is 2. The van der Waals surface area contributed by atoms with Gasteiger partial charge in [0.25, 0.3) is 0 Å². The largest absolute Gasteiger partial charge is 0.495 e. The van der Waals surface area contributed by atoms with Crippen LogP contribution in [-0.2, 0) is 9.31 Å². The molecular weight excluding hydrogens is 323 g/mol. The van der Waals surface area contributed by atoms with Crippen molar-refractivity contribution in [2.45, 2.75) is 59.7 Å². The zero-order chi connectivity index (χ0) is 19.7. The third-order valence-corrected chi connectivity index (χ3v) is 5.34. The van der Waals surface area contributed by atoms with Crippen LogP contribution in [0.4, 0.5) is 11.4 Å². The third-order valence-electron chi connectivity index (χ3n) is 5.34. The molecule has 1 aliphatic heterocycles. The number of anilines is 2. The number of nitrogen functional groups attached to an aromatic ring is 2. The summed E-state index contributed by atoms with van der Waals surface area (Å²) in [5.74, 6) is 0. The van der Waals surface area contributed by atoms with Gasteiger partial charge >= 0.3 is 7.12 Å². The molecule has 2 aromatic carbocycles. The Balaban J connectivity index is 0.000000228. The highest BCUT2D eigenvalue weighted by molar-refractivity contribution is 6.62. The highest BCUT2D eigenvalue weighted by Crippen LogP contribution is 2.36. The first-order chi connectivity index (χ1) is 11.9. The van der Waals surface area contributed by atoms with Crippen LogP contribution in [0.5, 0.6) is 0 Å². The molecule has 0 aromatic heterocycles. The van der Waals surface area contributed by atoms with Crippen LogP contribution in [0.1, 0.15) is 44.4 Å². The van der Waals surface area contributed by atoms with Crippen LogP contribution in [0.3, 0.4) is 0 Å². The quantitative estimate of drug-likeness (QED) is 0.604. The number of hydrogen-bond acceptors (Lipinski definition) is 4. The molecule has 0 spiro atoms.